The van der Waals surface area contributed by atoms with Crippen molar-refractivity contribution in [2.75, 3.05) is 17.8 Å². The van der Waals surface area contributed by atoms with E-state index in [1.54, 1.807) is 30.5 Å². The van der Waals surface area contributed by atoms with Gasteiger partial charge in [-0.15, -0.1) is 0 Å². The van der Waals surface area contributed by atoms with Crippen LogP contribution < -0.4 is 9.64 Å². The zero-order valence-electron chi connectivity index (χ0n) is 19.1. The summed E-state index contributed by atoms with van der Waals surface area (Å²) in [6.45, 7) is 3.26. The fraction of sp³-hybridized carbons (Fsp3) is 0.208. The first kappa shape index (κ1) is 22.9. The third kappa shape index (κ3) is 3.91. The standard InChI is InChI=1S/C24H21F2N5O3S/c1-13-7-22(35(3,27)33)28-9-15(13)16-10-30-20(14(2)29-21(30)8-18(16)26)11-31-19-6-4-5-17(25)24(19)34-12-23(31)32/h4-10,27H,11-12H2,1-3H3. The molecular formula is C24H21F2N5O3S. The van der Waals surface area contributed by atoms with E-state index in [1.807, 2.05) is 0 Å². The van der Waals surface area contributed by atoms with E-state index in [4.69, 9.17) is 9.52 Å². The lowest BCUT2D eigenvalue weighted by molar-refractivity contribution is -0.121. The summed E-state index contributed by atoms with van der Waals surface area (Å²) in [5.41, 5.74) is 3.20. The van der Waals surface area contributed by atoms with Crippen molar-refractivity contribution in [1.82, 2.24) is 14.4 Å². The minimum atomic E-state index is -3.02. The molecule has 0 spiro atoms. The fourth-order valence-electron chi connectivity index (χ4n) is 4.17. The summed E-state index contributed by atoms with van der Waals surface area (Å²) >= 11 is 0. The molecule has 0 fully saturated rings. The Kier molecular flexibility index (Phi) is 5.32. The molecule has 1 aliphatic heterocycles. The fourth-order valence-corrected chi connectivity index (χ4v) is 4.82. The zero-order valence-corrected chi connectivity index (χ0v) is 19.9. The summed E-state index contributed by atoms with van der Waals surface area (Å²) in [5, 5.41) is 0.121. The largest absolute Gasteiger partial charge is 0.478 e. The second-order valence-electron chi connectivity index (χ2n) is 8.44. The van der Waals surface area contributed by atoms with Crippen molar-refractivity contribution in [1.29, 1.82) is 4.78 Å². The van der Waals surface area contributed by atoms with Gasteiger partial charge in [0.05, 0.1) is 33.3 Å². The molecule has 1 N–H and O–H groups in total. The van der Waals surface area contributed by atoms with Crippen LogP contribution in [0, 0.1) is 30.3 Å². The number of anilines is 1. The summed E-state index contributed by atoms with van der Waals surface area (Å²) in [6, 6.07) is 7.19. The molecule has 4 aromatic rings. The number of hydrogen-bond donors (Lipinski definition) is 1. The van der Waals surface area contributed by atoms with Crippen LogP contribution in [0.5, 0.6) is 5.75 Å². The van der Waals surface area contributed by atoms with Gasteiger partial charge in [-0.05, 0) is 37.6 Å². The van der Waals surface area contributed by atoms with Gasteiger partial charge in [0, 0.05) is 35.8 Å². The van der Waals surface area contributed by atoms with Gasteiger partial charge in [-0.2, -0.15) is 0 Å². The molecule has 0 saturated heterocycles. The second-order valence-corrected chi connectivity index (χ2v) is 10.6. The van der Waals surface area contributed by atoms with Crippen LogP contribution in [-0.4, -0.2) is 37.3 Å². The molecule has 0 radical (unpaired) electrons. The number of aryl methyl sites for hydroxylation is 2. The van der Waals surface area contributed by atoms with Crippen molar-refractivity contribution < 1.29 is 22.5 Å². The van der Waals surface area contributed by atoms with Gasteiger partial charge < -0.3 is 9.14 Å². The molecule has 1 amide bonds. The Bertz CT molecular complexity index is 1630. The molecule has 0 saturated carbocycles. The number of para-hydroxylation sites is 1. The molecule has 3 aromatic heterocycles. The number of benzene rings is 1. The van der Waals surface area contributed by atoms with Crippen molar-refractivity contribution in [3.05, 3.63) is 71.3 Å². The molecule has 35 heavy (non-hydrogen) atoms. The number of carbonyl (C=O) groups is 1. The van der Waals surface area contributed by atoms with E-state index in [0.29, 0.717) is 33.8 Å². The van der Waals surface area contributed by atoms with Crippen molar-refractivity contribution in [3.8, 4) is 16.9 Å². The maximum Gasteiger partial charge on any atom is 0.265 e. The number of pyridine rings is 2. The average molecular weight is 498 g/mol. The molecule has 1 aliphatic rings. The molecule has 1 aromatic carbocycles. The summed E-state index contributed by atoms with van der Waals surface area (Å²) in [6.07, 6.45) is 4.25. The lowest BCUT2D eigenvalue weighted by Gasteiger charge is -2.29. The first-order valence-corrected chi connectivity index (χ1v) is 12.6. The van der Waals surface area contributed by atoms with Gasteiger partial charge in [-0.3, -0.25) is 9.69 Å². The van der Waals surface area contributed by atoms with Crippen molar-refractivity contribution >= 4 is 27.0 Å². The molecule has 1 unspecified atom stereocenters. The van der Waals surface area contributed by atoms with Gasteiger partial charge in [0.2, 0.25) is 0 Å². The Morgan fingerprint density at radius 3 is 2.66 bits per heavy atom. The Labute approximate surface area is 200 Å². The number of nitrogens with one attached hydrogen (secondary N) is 1. The van der Waals surface area contributed by atoms with E-state index in [2.05, 4.69) is 9.97 Å². The van der Waals surface area contributed by atoms with Gasteiger partial charge in [0.15, 0.2) is 18.2 Å². The Hall–Kier alpha value is -3.86. The molecule has 1 atom stereocenters. The smallest absolute Gasteiger partial charge is 0.265 e. The highest BCUT2D eigenvalue weighted by atomic mass is 32.2. The monoisotopic (exact) mass is 497 g/mol. The van der Waals surface area contributed by atoms with E-state index in [-0.39, 0.29) is 35.4 Å². The van der Waals surface area contributed by atoms with E-state index in [9.17, 15) is 13.4 Å². The van der Waals surface area contributed by atoms with Crippen LogP contribution >= 0.6 is 0 Å². The highest BCUT2D eigenvalue weighted by molar-refractivity contribution is 7.91. The number of aromatic nitrogens is 3. The first-order chi connectivity index (χ1) is 16.5. The van der Waals surface area contributed by atoms with Crippen LogP contribution in [-0.2, 0) is 21.1 Å². The first-order valence-electron chi connectivity index (χ1n) is 10.6. The number of amides is 1. The number of ether oxygens (including phenoxy) is 1. The van der Waals surface area contributed by atoms with Crippen LogP contribution in [0.25, 0.3) is 16.8 Å². The second kappa shape index (κ2) is 8.12. The lowest BCUT2D eigenvalue weighted by atomic mass is 10.0. The SMILES string of the molecule is Cc1cc(S(C)(=N)=O)ncc1-c1cn2c(CN3C(=O)COc4c(F)cccc43)c(C)nc2cc1F. The predicted octanol–water partition coefficient (Wildman–Crippen LogP) is 4.25. The lowest BCUT2D eigenvalue weighted by Crippen LogP contribution is -2.39. The molecule has 5 rings (SSSR count). The Morgan fingerprint density at radius 2 is 1.94 bits per heavy atom. The quantitative estimate of drug-likeness (QED) is 0.454. The number of nitrogens with zero attached hydrogens (tertiary/aromatic N) is 4. The normalized spacial score (nSPS) is 15.1. The molecule has 8 nitrogen and oxygen atoms in total. The number of halogens is 2. The molecule has 11 heteroatoms. The number of imidazole rings is 1. The highest BCUT2D eigenvalue weighted by Crippen LogP contribution is 2.36. The number of rotatable bonds is 4. The summed E-state index contributed by atoms with van der Waals surface area (Å²) < 4.78 is 56.2. The van der Waals surface area contributed by atoms with Crippen LogP contribution in [0.1, 0.15) is 17.0 Å². The number of carbonyl (C=O) groups excluding carboxylic acids is 1. The third-order valence-corrected chi connectivity index (χ3v) is 6.99. The Balaban J connectivity index is 1.62. The van der Waals surface area contributed by atoms with E-state index in [0.717, 1.165) is 0 Å². The molecule has 0 bridgehead atoms. The Morgan fingerprint density at radius 1 is 1.17 bits per heavy atom. The average Bonchev–Trinajstić information content (AvgIpc) is 3.08. The predicted molar refractivity (Wildman–Crippen MR) is 126 cm³/mol. The van der Waals surface area contributed by atoms with Crippen molar-refractivity contribution in [2.45, 2.75) is 25.4 Å². The van der Waals surface area contributed by atoms with E-state index < -0.39 is 21.4 Å². The minimum absolute atomic E-state index is 0.00833. The number of hydrogen-bond acceptors (Lipinski definition) is 6. The summed E-state index contributed by atoms with van der Waals surface area (Å²) in [5.74, 6) is -1.41. The summed E-state index contributed by atoms with van der Waals surface area (Å²) in [7, 11) is -3.02. The summed E-state index contributed by atoms with van der Waals surface area (Å²) in [4.78, 5) is 22.7. The van der Waals surface area contributed by atoms with E-state index in [1.165, 1.54) is 41.6 Å². The van der Waals surface area contributed by atoms with Crippen LogP contribution in [0.3, 0.4) is 0 Å². The van der Waals surface area contributed by atoms with E-state index >= 15 is 4.39 Å². The zero-order chi connectivity index (χ0) is 25.1. The molecule has 4 heterocycles. The van der Waals surface area contributed by atoms with Crippen LogP contribution in [0.15, 0.2) is 47.8 Å². The van der Waals surface area contributed by atoms with Gasteiger partial charge >= 0.3 is 0 Å². The van der Waals surface area contributed by atoms with Gasteiger partial charge in [0.25, 0.3) is 5.91 Å². The van der Waals surface area contributed by atoms with Crippen molar-refractivity contribution in [3.63, 3.8) is 0 Å². The van der Waals surface area contributed by atoms with Crippen molar-refractivity contribution in [2.24, 2.45) is 0 Å². The van der Waals surface area contributed by atoms with Crippen LogP contribution in [0.4, 0.5) is 14.5 Å². The minimum Gasteiger partial charge on any atom is -0.478 e. The maximum atomic E-state index is 15.1. The van der Waals surface area contributed by atoms with Crippen LogP contribution in [0.2, 0.25) is 0 Å². The van der Waals surface area contributed by atoms with Gasteiger partial charge in [0.1, 0.15) is 16.5 Å². The highest BCUT2D eigenvalue weighted by Gasteiger charge is 2.29. The maximum absolute atomic E-state index is 15.1. The molecule has 180 valence electrons. The third-order valence-electron chi connectivity index (χ3n) is 5.97. The number of fused-ring (bicyclic) bond motifs is 2. The van der Waals surface area contributed by atoms with Gasteiger partial charge in [-0.25, -0.2) is 27.7 Å². The molecule has 0 aliphatic carbocycles. The topological polar surface area (TPSA) is 101 Å². The molecular weight excluding hydrogens is 476 g/mol. The van der Waals surface area contributed by atoms with Gasteiger partial charge in [-0.1, -0.05) is 6.07 Å².